The van der Waals surface area contributed by atoms with Crippen molar-refractivity contribution in [3.8, 4) is 0 Å². The molecular formula is C12H17N5O3S. The second-order valence-corrected chi connectivity index (χ2v) is 6.78. The van der Waals surface area contributed by atoms with E-state index in [0.29, 0.717) is 29.6 Å². The minimum absolute atomic E-state index is 0.143. The topological polar surface area (TPSA) is 114 Å². The van der Waals surface area contributed by atoms with Crippen LogP contribution in [0.25, 0.3) is 0 Å². The van der Waals surface area contributed by atoms with Crippen LogP contribution in [0.5, 0.6) is 0 Å². The zero-order chi connectivity index (χ0) is 15.6. The number of hydrogen-bond donors (Lipinski definition) is 2. The number of nitrogens with zero attached hydrogens (tertiary/aromatic N) is 3. The lowest BCUT2D eigenvalue weighted by Crippen LogP contribution is -2.22. The van der Waals surface area contributed by atoms with Crippen LogP contribution in [-0.4, -0.2) is 37.0 Å². The smallest absolute Gasteiger partial charge is 0.245 e. The summed E-state index contributed by atoms with van der Waals surface area (Å²) in [5, 5.41) is 6.70. The van der Waals surface area contributed by atoms with Crippen LogP contribution in [0.4, 0.5) is 11.4 Å². The first-order chi connectivity index (χ1) is 9.80. The second kappa shape index (κ2) is 5.70. The van der Waals surface area contributed by atoms with Crippen LogP contribution in [0.15, 0.2) is 27.6 Å². The maximum atomic E-state index is 12.0. The van der Waals surface area contributed by atoms with Crippen molar-refractivity contribution < 1.29 is 12.9 Å². The van der Waals surface area contributed by atoms with Gasteiger partial charge in [0.05, 0.1) is 22.8 Å². The van der Waals surface area contributed by atoms with Crippen LogP contribution < -0.4 is 11.1 Å². The lowest BCUT2D eigenvalue weighted by atomic mass is 10.2. The van der Waals surface area contributed by atoms with Crippen molar-refractivity contribution in [3.05, 3.63) is 29.9 Å². The average Bonchev–Trinajstić information content (AvgIpc) is 2.82. The molecule has 8 nitrogen and oxygen atoms in total. The maximum Gasteiger partial charge on any atom is 0.245 e. The number of benzene rings is 1. The fourth-order valence-electron chi connectivity index (χ4n) is 1.66. The minimum Gasteiger partial charge on any atom is -0.397 e. The van der Waals surface area contributed by atoms with Crippen LogP contribution in [0.3, 0.4) is 0 Å². The second-order valence-electron chi connectivity index (χ2n) is 4.63. The van der Waals surface area contributed by atoms with Crippen molar-refractivity contribution in [2.45, 2.75) is 18.4 Å². The van der Waals surface area contributed by atoms with Gasteiger partial charge >= 0.3 is 0 Å². The summed E-state index contributed by atoms with van der Waals surface area (Å²) in [6, 6.07) is 4.51. The van der Waals surface area contributed by atoms with Gasteiger partial charge in [0.1, 0.15) is 0 Å². The number of nitrogen functional groups attached to an aromatic ring is 1. The summed E-state index contributed by atoms with van der Waals surface area (Å²) in [6.07, 6.45) is 0. The fourth-order valence-corrected chi connectivity index (χ4v) is 2.59. The molecule has 0 saturated heterocycles. The van der Waals surface area contributed by atoms with E-state index >= 15 is 0 Å². The van der Waals surface area contributed by atoms with Gasteiger partial charge in [-0.2, -0.15) is 4.98 Å². The molecule has 0 aliphatic carbocycles. The molecule has 0 aliphatic rings. The predicted molar refractivity (Wildman–Crippen MR) is 78.1 cm³/mol. The molecule has 0 unspecified atom stereocenters. The molecule has 1 aromatic carbocycles. The lowest BCUT2D eigenvalue weighted by Gasteiger charge is -2.13. The SMILES string of the molecule is Cc1noc(CNc2ccc(S(=O)(=O)N(C)C)cc2N)n1. The highest BCUT2D eigenvalue weighted by atomic mass is 32.2. The Morgan fingerprint density at radius 1 is 1.38 bits per heavy atom. The molecule has 0 saturated carbocycles. The monoisotopic (exact) mass is 311 g/mol. The van der Waals surface area contributed by atoms with E-state index < -0.39 is 10.0 Å². The molecule has 0 amide bonds. The molecule has 114 valence electrons. The van der Waals surface area contributed by atoms with Gasteiger partial charge < -0.3 is 15.6 Å². The van der Waals surface area contributed by atoms with Crippen LogP contribution in [0.2, 0.25) is 0 Å². The maximum absolute atomic E-state index is 12.0. The zero-order valence-corrected chi connectivity index (χ0v) is 12.8. The Balaban J connectivity index is 2.16. The van der Waals surface area contributed by atoms with E-state index in [9.17, 15) is 8.42 Å². The van der Waals surface area contributed by atoms with Gasteiger partial charge in [-0.3, -0.25) is 0 Å². The van der Waals surface area contributed by atoms with Gasteiger partial charge in [-0.15, -0.1) is 0 Å². The lowest BCUT2D eigenvalue weighted by molar-refractivity contribution is 0.379. The molecule has 1 heterocycles. The van der Waals surface area contributed by atoms with Crippen molar-refractivity contribution >= 4 is 21.4 Å². The third-order valence-electron chi connectivity index (χ3n) is 2.80. The van der Waals surface area contributed by atoms with Crippen molar-refractivity contribution in [3.63, 3.8) is 0 Å². The summed E-state index contributed by atoms with van der Waals surface area (Å²) in [4.78, 5) is 4.19. The van der Waals surface area contributed by atoms with Crippen molar-refractivity contribution in [1.29, 1.82) is 0 Å². The number of nitrogens with one attached hydrogen (secondary N) is 1. The number of aromatic nitrogens is 2. The van der Waals surface area contributed by atoms with Crippen molar-refractivity contribution in [1.82, 2.24) is 14.4 Å². The molecule has 2 rings (SSSR count). The summed E-state index contributed by atoms with van der Waals surface area (Å²) in [5.74, 6) is 0.976. The molecule has 0 radical (unpaired) electrons. The molecular weight excluding hydrogens is 294 g/mol. The van der Waals surface area contributed by atoms with Crippen LogP contribution in [0, 0.1) is 6.92 Å². The fraction of sp³-hybridized carbons (Fsp3) is 0.333. The molecule has 0 aliphatic heterocycles. The summed E-state index contributed by atoms with van der Waals surface area (Å²) in [5.41, 5.74) is 6.80. The molecule has 0 bridgehead atoms. The first-order valence-corrected chi connectivity index (χ1v) is 7.60. The highest BCUT2D eigenvalue weighted by molar-refractivity contribution is 7.89. The normalized spacial score (nSPS) is 11.8. The van der Waals surface area contributed by atoms with Gasteiger partial charge in [0.25, 0.3) is 0 Å². The first kappa shape index (κ1) is 15.3. The molecule has 3 N–H and O–H groups in total. The number of sulfonamides is 1. The summed E-state index contributed by atoms with van der Waals surface area (Å²) >= 11 is 0. The first-order valence-electron chi connectivity index (χ1n) is 6.16. The number of aryl methyl sites for hydroxylation is 1. The zero-order valence-electron chi connectivity index (χ0n) is 12.0. The largest absolute Gasteiger partial charge is 0.397 e. The molecule has 9 heteroatoms. The molecule has 0 atom stereocenters. The Hall–Kier alpha value is -2.13. The van der Waals surface area contributed by atoms with Crippen molar-refractivity contribution in [2.24, 2.45) is 0 Å². The Morgan fingerprint density at radius 2 is 2.10 bits per heavy atom. The average molecular weight is 311 g/mol. The summed E-state index contributed by atoms with van der Waals surface area (Å²) in [6.45, 7) is 2.03. The van der Waals surface area contributed by atoms with E-state index in [1.807, 2.05) is 0 Å². The van der Waals surface area contributed by atoms with E-state index in [2.05, 4.69) is 15.5 Å². The van der Waals surface area contributed by atoms with Gasteiger partial charge in [-0.1, -0.05) is 5.16 Å². The Morgan fingerprint density at radius 3 is 2.62 bits per heavy atom. The Labute approximate surface area is 123 Å². The molecule has 2 aromatic rings. The third kappa shape index (κ3) is 3.31. The molecule has 1 aromatic heterocycles. The van der Waals surface area contributed by atoms with Crippen LogP contribution >= 0.6 is 0 Å². The number of anilines is 2. The van der Waals surface area contributed by atoms with E-state index in [4.69, 9.17) is 10.3 Å². The van der Waals surface area contributed by atoms with E-state index in [-0.39, 0.29) is 4.90 Å². The molecule has 0 spiro atoms. The summed E-state index contributed by atoms with van der Waals surface area (Å²) < 4.78 is 30.1. The van der Waals surface area contributed by atoms with Crippen molar-refractivity contribution in [2.75, 3.05) is 25.1 Å². The van der Waals surface area contributed by atoms with E-state index in [0.717, 1.165) is 4.31 Å². The number of nitrogens with two attached hydrogens (primary N) is 1. The van der Waals surface area contributed by atoms with Gasteiger partial charge in [-0.25, -0.2) is 12.7 Å². The van der Waals surface area contributed by atoms with Gasteiger partial charge in [-0.05, 0) is 25.1 Å². The highest BCUT2D eigenvalue weighted by Gasteiger charge is 2.18. The number of rotatable bonds is 5. The van der Waals surface area contributed by atoms with Gasteiger partial charge in [0, 0.05) is 14.1 Å². The molecule has 0 fully saturated rings. The van der Waals surface area contributed by atoms with Crippen LogP contribution in [-0.2, 0) is 16.6 Å². The summed E-state index contributed by atoms with van der Waals surface area (Å²) in [7, 11) is -0.560. The Bertz CT molecular complexity index is 739. The quantitative estimate of drug-likeness (QED) is 0.786. The number of hydrogen-bond acceptors (Lipinski definition) is 7. The molecule has 21 heavy (non-hydrogen) atoms. The highest BCUT2D eigenvalue weighted by Crippen LogP contribution is 2.24. The van der Waals surface area contributed by atoms with E-state index in [1.165, 1.54) is 26.2 Å². The van der Waals surface area contributed by atoms with E-state index in [1.54, 1.807) is 13.0 Å². The predicted octanol–water partition coefficient (Wildman–Crippen LogP) is 0.823. The van der Waals surface area contributed by atoms with Gasteiger partial charge in [0.2, 0.25) is 15.9 Å². The van der Waals surface area contributed by atoms with Crippen LogP contribution in [0.1, 0.15) is 11.7 Å². The standard InChI is InChI=1S/C12H17N5O3S/c1-8-15-12(20-16-8)7-14-11-5-4-9(6-10(11)13)21(18,19)17(2)3/h4-6,14H,7,13H2,1-3H3. The third-order valence-corrected chi connectivity index (χ3v) is 4.61. The van der Waals surface area contributed by atoms with Gasteiger partial charge in [0.15, 0.2) is 5.82 Å². The Kier molecular flexibility index (Phi) is 4.14. The minimum atomic E-state index is -3.50.